The first-order valence-corrected chi connectivity index (χ1v) is 10.4. The Morgan fingerprint density at radius 1 is 0.938 bits per heavy atom. The van der Waals surface area contributed by atoms with Gasteiger partial charge in [0.1, 0.15) is 5.75 Å². The predicted molar refractivity (Wildman–Crippen MR) is 123 cm³/mol. The fraction of sp³-hybridized carbons (Fsp3) is 0.333. The van der Waals surface area contributed by atoms with Gasteiger partial charge in [-0.05, 0) is 42.0 Å². The van der Waals surface area contributed by atoms with Gasteiger partial charge >= 0.3 is 11.9 Å². The van der Waals surface area contributed by atoms with E-state index in [0.717, 1.165) is 49.7 Å². The lowest BCUT2D eigenvalue weighted by Gasteiger charge is -2.36. The summed E-state index contributed by atoms with van der Waals surface area (Å²) < 4.78 is 14.5. The number of piperazine rings is 1. The molecule has 0 atom stereocenters. The van der Waals surface area contributed by atoms with Crippen LogP contribution in [0.1, 0.15) is 5.56 Å². The third-order valence-electron chi connectivity index (χ3n) is 5.34. The van der Waals surface area contributed by atoms with E-state index in [1.165, 1.54) is 26.1 Å². The third-order valence-corrected chi connectivity index (χ3v) is 5.34. The monoisotopic (exact) mass is 439 g/mol. The van der Waals surface area contributed by atoms with Crippen molar-refractivity contribution in [1.82, 2.24) is 4.90 Å². The Morgan fingerprint density at radius 3 is 2.19 bits per heavy atom. The Balaban J connectivity index is 1.57. The lowest BCUT2D eigenvalue weighted by atomic mass is 10.1. The summed E-state index contributed by atoms with van der Waals surface area (Å²) in [5.74, 6) is -0.647. The van der Waals surface area contributed by atoms with Gasteiger partial charge in [0, 0.05) is 50.3 Å². The van der Waals surface area contributed by atoms with E-state index in [-0.39, 0.29) is 5.57 Å². The normalized spacial score (nSPS) is 13.8. The molecule has 32 heavy (non-hydrogen) atoms. The van der Waals surface area contributed by atoms with Crippen molar-refractivity contribution in [2.24, 2.45) is 0 Å². The van der Waals surface area contributed by atoms with Crippen molar-refractivity contribution >= 4 is 23.3 Å². The van der Waals surface area contributed by atoms with Crippen LogP contribution in [0.15, 0.2) is 60.3 Å². The van der Waals surface area contributed by atoms with Crippen LogP contribution in [0, 0.1) is 0 Å². The van der Waals surface area contributed by atoms with Crippen molar-refractivity contribution in [3.05, 3.63) is 65.9 Å². The lowest BCUT2D eigenvalue weighted by Crippen LogP contribution is -2.45. The van der Waals surface area contributed by atoms with E-state index in [0.29, 0.717) is 0 Å². The number of benzene rings is 2. The highest BCUT2D eigenvalue weighted by Gasteiger charge is 2.20. The molecule has 0 unspecified atom stereocenters. The summed E-state index contributed by atoms with van der Waals surface area (Å²) in [6.45, 7) is 4.64. The molecule has 1 N–H and O–H groups in total. The summed E-state index contributed by atoms with van der Waals surface area (Å²) in [6.07, 6.45) is 1.31. The highest BCUT2D eigenvalue weighted by Crippen LogP contribution is 2.21. The first kappa shape index (κ1) is 23.1. The number of rotatable bonds is 8. The molecule has 8 heteroatoms. The van der Waals surface area contributed by atoms with Gasteiger partial charge in [0.2, 0.25) is 0 Å². The molecule has 0 radical (unpaired) electrons. The minimum absolute atomic E-state index is 0.199. The van der Waals surface area contributed by atoms with Gasteiger partial charge in [0.05, 0.1) is 21.3 Å². The topological polar surface area (TPSA) is 80.3 Å². The summed E-state index contributed by atoms with van der Waals surface area (Å²) in [4.78, 5) is 28.3. The summed E-state index contributed by atoms with van der Waals surface area (Å²) >= 11 is 0. The molecule has 3 rings (SSSR count). The number of methoxy groups -OCH3 is 3. The van der Waals surface area contributed by atoms with E-state index in [9.17, 15) is 9.59 Å². The van der Waals surface area contributed by atoms with Crippen LogP contribution in [0.4, 0.5) is 11.4 Å². The summed E-state index contributed by atoms with van der Waals surface area (Å²) in [5.41, 5.74) is 2.91. The van der Waals surface area contributed by atoms with E-state index in [1.54, 1.807) is 7.11 Å². The minimum Gasteiger partial charge on any atom is -0.497 e. The first-order valence-electron chi connectivity index (χ1n) is 10.4. The Labute approximate surface area is 188 Å². The zero-order chi connectivity index (χ0) is 22.9. The van der Waals surface area contributed by atoms with Crippen LogP contribution < -0.4 is 15.0 Å². The Morgan fingerprint density at radius 2 is 1.59 bits per heavy atom. The van der Waals surface area contributed by atoms with E-state index >= 15 is 0 Å². The molecule has 0 aromatic heterocycles. The second kappa shape index (κ2) is 11.2. The van der Waals surface area contributed by atoms with Gasteiger partial charge in [-0.25, -0.2) is 9.59 Å². The highest BCUT2D eigenvalue weighted by molar-refractivity contribution is 6.14. The van der Waals surface area contributed by atoms with Gasteiger partial charge in [0.15, 0.2) is 5.57 Å². The standard InChI is InChI=1S/C24H29N3O5/c1-30-21-9-7-20(8-10-21)27-13-11-26(12-14-27)17-18-5-4-6-19(15-18)25-16-22(23(28)31-2)24(29)32-3/h4-10,15-16,25H,11-14,17H2,1-3H3. The van der Waals surface area contributed by atoms with Crippen LogP contribution in [-0.2, 0) is 25.6 Å². The maximum absolute atomic E-state index is 11.8. The van der Waals surface area contributed by atoms with Crippen molar-refractivity contribution in [3.63, 3.8) is 0 Å². The molecular weight excluding hydrogens is 410 g/mol. The van der Waals surface area contributed by atoms with Crippen molar-refractivity contribution in [3.8, 4) is 5.75 Å². The number of anilines is 2. The van der Waals surface area contributed by atoms with Gasteiger partial charge < -0.3 is 24.4 Å². The van der Waals surface area contributed by atoms with E-state index in [2.05, 4.69) is 42.8 Å². The second-order valence-electron chi connectivity index (χ2n) is 7.35. The molecule has 1 fully saturated rings. The molecule has 1 saturated heterocycles. The largest absolute Gasteiger partial charge is 0.497 e. The Kier molecular flexibility index (Phi) is 8.10. The molecule has 1 aliphatic heterocycles. The fourth-order valence-corrected chi connectivity index (χ4v) is 3.55. The van der Waals surface area contributed by atoms with E-state index < -0.39 is 11.9 Å². The molecule has 170 valence electrons. The average Bonchev–Trinajstić information content (AvgIpc) is 2.84. The number of esters is 2. The molecule has 0 spiro atoms. The van der Waals surface area contributed by atoms with Crippen LogP contribution in [-0.4, -0.2) is 64.3 Å². The van der Waals surface area contributed by atoms with Crippen LogP contribution in [0.3, 0.4) is 0 Å². The minimum atomic E-state index is -0.754. The third kappa shape index (κ3) is 6.01. The van der Waals surface area contributed by atoms with Crippen molar-refractivity contribution in [1.29, 1.82) is 0 Å². The van der Waals surface area contributed by atoms with Crippen LogP contribution in [0.2, 0.25) is 0 Å². The number of ether oxygens (including phenoxy) is 3. The highest BCUT2D eigenvalue weighted by atomic mass is 16.5. The quantitative estimate of drug-likeness (QED) is 0.291. The summed E-state index contributed by atoms with van der Waals surface area (Å²) in [6, 6.07) is 16.0. The van der Waals surface area contributed by atoms with Crippen molar-refractivity contribution in [2.45, 2.75) is 6.54 Å². The molecular formula is C24H29N3O5. The molecule has 8 nitrogen and oxygen atoms in total. The zero-order valence-corrected chi connectivity index (χ0v) is 18.7. The SMILES string of the molecule is COC(=O)C(=CNc1cccc(CN2CCN(c3ccc(OC)cc3)CC2)c1)C(=O)OC. The maximum Gasteiger partial charge on any atom is 0.346 e. The first-order chi connectivity index (χ1) is 15.5. The van der Waals surface area contributed by atoms with E-state index in [1.807, 2.05) is 30.3 Å². The molecule has 0 amide bonds. The predicted octanol–water partition coefficient (Wildman–Crippen LogP) is 2.66. The smallest absolute Gasteiger partial charge is 0.346 e. The van der Waals surface area contributed by atoms with Crippen LogP contribution in [0.25, 0.3) is 0 Å². The second-order valence-corrected chi connectivity index (χ2v) is 7.35. The van der Waals surface area contributed by atoms with Gasteiger partial charge in [-0.3, -0.25) is 4.90 Å². The Bertz CT molecular complexity index is 932. The number of carbonyl (C=O) groups is 2. The number of carbonyl (C=O) groups excluding carboxylic acids is 2. The number of hydrogen-bond acceptors (Lipinski definition) is 8. The van der Waals surface area contributed by atoms with Gasteiger partial charge in [0.25, 0.3) is 0 Å². The molecule has 0 saturated carbocycles. The zero-order valence-electron chi connectivity index (χ0n) is 18.7. The van der Waals surface area contributed by atoms with Gasteiger partial charge in [-0.15, -0.1) is 0 Å². The number of nitrogens with zero attached hydrogens (tertiary/aromatic N) is 2. The maximum atomic E-state index is 11.8. The number of nitrogens with one attached hydrogen (secondary N) is 1. The van der Waals surface area contributed by atoms with Gasteiger partial charge in [-0.2, -0.15) is 0 Å². The van der Waals surface area contributed by atoms with Crippen LogP contribution >= 0.6 is 0 Å². The van der Waals surface area contributed by atoms with Crippen LogP contribution in [0.5, 0.6) is 5.75 Å². The summed E-state index contributed by atoms with van der Waals surface area (Å²) in [5, 5.41) is 2.99. The molecule has 0 aliphatic carbocycles. The average molecular weight is 440 g/mol. The van der Waals surface area contributed by atoms with Gasteiger partial charge in [-0.1, -0.05) is 12.1 Å². The fourth-order valence-electron chi connectivity index (χ4n) is 3.55. The van der Waals surface area contributed by atoms with Crippen molar-refractivity contribution < 1.29 is 23.8 Å². The molecule has 1 heterocycles. The van der Waals surface area contributed by atoms with Crippen molar-refractivity contribution in [2.75, 3.05) is 57.7 Å². The number of hydrogen-bond donors (Lipinski definition) is 1. The van der Waals surface area contributed by atoms with E-state index in [4.69, 9.17) is 4.74 Å². The Hall–Kier alpha value is -3.52. The lowest BCUT2D eigenvalue weighted by molar-refractivity contribution is -0.144. The summed E-state index contributed by atoms with van der Waals surface area (Å²) in [7, 11) is 4.11. The molecule has 2 aromatic carbocycles. The molecule has 1 aliphatic rings. The molecule has 2 aromatic rings. The molecule has 0 bridgehead atoms.